The Balaban J connectivity index is 1.92. The average Bonchev–Trinajstić information content (AvgIpc) is 2.70. The van der Waals surface area contributed by atoms with Gasteiger partial charge >= 0.3 is 0 Å². The zero-order chi connectivity index (χ0) is 14.0. The summed E-state index contributed by atoms with van der Waals surface area (Å²) in [5.74, 6) is -2.89. The fourth-order valence-electron chi connectivity index (χ4n) is 2.26. The minimum Gasteiger partial charge on any atom is -0.336 e. The van der Waals surface area contributed by atoms with E-state index in [1.165, 1.54) is 4.90 Å². The number of rotatable bonds is 3. The number of amides is 1. The number of aryl methyl sites for hydroxylation is 2. The second kappa shape index (κ2) is 5.57. The molecule has 1 amide bonds. The second-order valence-electron chi connectivity index (χ2n) is 4.99. The van der Waals surface area contributed by atoms with E-state index in [0.717, 1.165) is 15.6 Å². The molecule has 1 heterocycles. The third-order valence-electron chi connectivity index (χ3n) is 3.44. The summed E-state index contributed by atoms with van der Waals surface area (Å²) in [5, 5.41) is 0. The number of likely N-dealkylation sites (tertiary alicyclic amines) is 1. The summed E-state index contributed by atoms with van der Waals surface area (Å²) in [5.41, 5.74) is 2.19. The molecule has 2 nitrogen and oxygen atoms in total. The minimum atomic E-state index is -2.71. The van der Waals surface area contributed by atoms with Crippen molar-refractivity contribution < 1.29 is 13.6 Å². The van der Waals surface area contributed by atoms with Crippen molar-refractivity contribution in [1.29, 1.82) is 0 Å². The van der Waals surface area contributed by atoms with E-state index >= 15 is 0 Å². The Morgan fingerprint density at radius 1 is 1.47 bits per heavy atom. The molecule has 0 aromatic heterocycles. The van der Waals surface area contributed by atoms with Crippen molar-refractivity contribution in [3.05, 3.63) is 33.8 Å². The standard InChI is InChI=1S/C14H16BrF2NO/c1-10-2-4-12(15)8-11(10)3-5-13(19)18-7-6-14(16,17)9-18/h2,4,8H,3,5-7,9H2,1H3. The Hall–Kier alpha value is -0.970. The normalized spacial score (nSPS) is 17.8. The highest BCUT2D eigenvalue weighted by molar-refractivity contribution is 9.10. The molecule has 1 aliphatic heterocycles. The van der Waals surface area contributed by atoms with Crippen molar-refractivity contribution in [2.24, 2.45) is 0 Å². The van der Waals surface area contributed by atoms with Crippen molar-refractivity contribution in [1.82, 2.24) is 4.90 Å². The van der Waals surface area contributed by atoms with Crippen molar-refractivity contribution in [2.45, 2.75) is 32.1 Å². The molecule has 1 saturated heterocycles. The van der Waals surface area contributed by atoms with Crippen LogP contribution in [0.5, 0.6) is 0 Å². The minimum absolute atomic E-state index is 0.170. The van der Waals surface area contributed by atoms with Gasteiger partial charge in [-0.05, 0) is 36.6 Å². The zero-order valence-electron chi connectivity index (χ0n) is 10.8. The van der Waals surface area contributed by atoms with Gasteiger partial charge in [-0.3, -0.25) is 4.79 Å². The van der Waals surface area contributed by atoms with Gasteiger partial charge in [-0.2, -0.15) is 0 Å². The van der Waals surface area contributed by atoms with Crippen molar-refractivity contribution in [2.75, 3.05) is 13.1 Å². The van der Waals surface area contributed by atoms with Crippen LogP contribution in [0.4, 0.5) is 8.78 Å². The highest BCUT2D eigenvalue weighted by Gasteiger charge is 2.39. The maximum absolute atomic E-state index is 13.0. The first-order valence-corrected chi connectivity index (χ1v) is 7.07. The molecule has 0 bridgehead atoms. The molecule has 1 fully saturated rings. The summed E-state index contributed by atoms with van der Waals surface area (Å²) < 4.78 is 27.0. The van der Waals surface area contributed by atoms with Crippen LogP contribution in [0.15, 0.2) is 22.7 Å². The van der Waals surface area contributed by atoms with Gasteiger partial charge < -0.3 is 4.90 Å². The number of hydrogen-bond acceptors (Lipinski definition) is 1. The van der Waals surface area contributed by atoms with Crippen LogP contribution >= 0.6 is 15.9 Å². The topological polar surface area (TPSA) is 20.3 Å². The van der Waals surface area contributed by atoms with E-state index < -0.39 is 12.5 Å². The summed E-state index contributed by atoms with van der Waals surface area (Å²) in [4.78, 5) is 13.2. The Morgan fingerprint density at radius 3 is 2.84 bits per heavy atom. The number of carbonyl (C=O) groups excluding carboxylic acids is 1. The summed E-state index contributed by atoms with van der Waals surface area (Å²) >= 11 is 3.39. The number of halogens is 3. The van der Waals surface area contributed by atoms with Gasteiger partial charge in [0.1, 0.15) is 0 Å². The van der Waals surface area contributed by atoms with E-state index in [-0.39, 0.29) is 25.3 Å². The van der Waals surface area contributed by atoms with Gasteiger partial charge in [0.2, 0.25) is 5.91 Å². The fourth-order valence-corrected chi connectivity index (χ4v) is 2.67. The zero-order valence-corrected chi connectivity index (χ0v) is 12.3. The van der Waals surface area contributed by atoms with Crippen LogP contribution in [0, 0.1) is 6.92 Å². The maximum Gasteiger partial charge on any atom is 0.267 e. The highest BCUT2D eigenvalue weighted by atomic mass is 79.9. The van der Waals surface area contributed by atoms with E-state index in [9.17, 15) is 13.6 Å². The predicted octanol–water partition coefficient (Wildman–Crippen LogP) is 3.56. The summed E-state index contributed by atoms with van der Waals surface area (Å²) in [6.45, 7) is 1.73. The molecule has 2 rings (SSSR count). The maximum atomic E-state index is 13.0. The van der Waals surface area contributed by atoms with Gasteiger partial charge in [0.05, 0.1) is 6.54 Å². The van der Waals surface area contributed by atoms with Crippen molar-refractivity contribution in [3.63, 3.8) is 0 Å². The molecule has 0 N–H and O–H groups in total. The largest absolute Gasteiger partial charge is 0.336 e. The predicted molar refractivity (Wildman–Crippen MR) is 73.3 cm³/mol. The van der Waals surface area contributed by atoms with Gasteiger partial charge in [-0.15, -0.1) is 0 Å². The quantitative estimate of drug-likeness (QED) is 0.829. The molecule has 0 radical (unpaired) electrons. The fraction of sp³-hybridized carbons (Fsp3) is 0.500. The molecule has 0 unspecified atom stereocenters. The van der Waals surface area contributed by atoms with Gasteiger partial charge in [-0.25, -0.2) is 8.78 Å². The van der Waals surface area contributed by atoms with Crippen molar-refractivity contribution in [3.8, 4) is 0 Å². The summed E-state index contributed by atoms with van der Waals surface area (Å²) in [6.07, 6.45) is 0.661. The molecular formula is C14H16BrF2NO. The lowest BCUT2D eigenvalue weighted by Gasteiger charge is -2.16. The number of alkyl halides is 2. The Morgan fingerprint density at radius 2 is 2.21 bits per heavy atom. The number of carbonyl (C=O) groups is 1. The third kappa shape index (κ3) is 3.75. The second-order valence-corrected chi connectivity index (χ2v) is 5.91. The molecule has 1 aromatic rings. The first kappa shape index (κ1) is 14.4. The number of hydrogen-bond donors (Lipinski definition) is 0. The Labute approximate surface area is 119 Å². The third-order valence-corrected chi connectivity index (χ3v) is 3.94. The van der Waals surface area contributed by atoms with E-state index in [0.29, 0.717) is 6.42 Å². The first-order chi connectivity index (χ1) is 8.87. The van der Waals surface area contributed by atoms with Gasteiger partial charge in [0.25, 0.3) is 5.92 Å². The van der Waals surface area contributed by atoms with E-state index in [2.05, 4.69) is 15.9 Å². The van der Waals surface area contributed by atoms with Crippen LogP contribution in [-0.4, -0.2) is 29.8 Å². The van der Waals surface area contributed by atoms with E-state index in [4.69, 9.17) is 0 Å². The van der Waals surface area contributed by atoms with Gasteiger partial charge in [0, 0.05) is 23.9 Å². The molecule has 5 heteroatoms. The smallest absolute Gasteiger partial charge is 0.267 e. The molecule has 19 heavy (non-hydrogen) atoms. The number of nitrogens with zero attached hydrogens (tertiary/aromatic N) is 1. The van der Waals surface area contributed by atoms with Gasteiger partial charge in [0.15, 0.2) is 0 Å². The molecule has 0 spiro atoms. The summed E-state index contributed by atoms with van der Waals surface area (Å²) in [6, 6.07) is 5.90. The molecule has 0 saturated carbocycles. The van der Waals surface area contributed by atoms with Crippen LogP contribution in [0.3, 0.4) is 0 Å². The average molecular weight is 332 g/mol. The number of benzene rings is 1. The lowest BCUT2D eigenvalue weighted by molar-refractivity contribution is -0.131. The highest BCUT2D eigenvalue weighted by Crippen LogP contribution is 2.27. The molecule has 1 aromatic carbocycles. The van der Waals surface area contributed by atoms with E-state index in [1.54, 1.807) is 0 Å². The SMILES string of the molecule is Cc1ccc(Br)cc1CCC(=O)N1CCC(F)(F)C1. The Kier molecular flexibility index (Phi) is 4.23. The molecule has 0 atom stereocenters. The molecule has 104 valence electrons. The lowest BCUT2D eigenvalue weighted by Crippen LogP contribution is -2.31. The van der Waals surface area contributed by atoms with Gasteiger partial charge in [-0.1, -0.05) is 22.0 Å². The van der Waals surface area contributed by atoms with Crippen molar-refractivity contribution >= 4 is 21.8 Å². The van der Waals surface area contributed by atoms with Crippen LogP contribution in [-0.2, 0) is 11.2 Å². The Bertz CT molecular complexity index is 490. The molecule has 1 aliphatic rings. The van der Waals surface area contributed by atoms with Crippen LogP contribution < -0.4 is 0 Å². The molecular weight excluding hydrogens is 316 g/mol. The monoisotopic (exact) mass is 331 g/mol. The van der Waals surface area contributed by atoms with Crippen LogP contribution in [0.2, 0.25) is 0 Å². The molecule has 0 aliphatic carbocycles. The first-order valence-electron chi connectivity index (χ1n) is 6.28. The van der Waals surface area contributed by atoms with Crippen LogP contribution in [0.25, 0.3) is 0 Å². The summed E-state index contributed by atoms with van der Waals surface area (Å²) in [7, 11) is 0. The van der Waals surface area contributed by atoms with Crippen LogP contribution in [0.1, 0.15) is 24.0 Å². The lowest BCUT2D eigenvalue weighted by atomic mass is 10.0. The van der Waals surface area contributed by atoms with E-state index in [1.807, 2.05) is 25.1 Å².